The Kier molecular flexibility index (Phi) is 3.49. The van der Waals surface area contributed by atoms with Crippen molar-refractivity contribution in [3.8, 4) is 0 Å². The lowest BCUT2D eigenvalue weighted by molar-refractivity contribution is -0.0802. The molecule has 1 rings (SSSR count). The predicted octanol–water partition coefficient (Wildman–Crippen LogP) is 1.65. The topological polar surface area (TPSA) is 32.7 Å². The van der Waals surface area contributed by atoms with Gasteiger partial charge in [0.15, 0.2) is 0 Å². The normalized spacial score (nSPS) is 30.8. The van der Waals surface area contributed by atoms with Gasteiger partial charge in [0, 0.05) is 12.6 Å². The highest BCUT2D eigenvalue weighted by atomic mass is 16.5. The van der Waals surface area contributed by atoms with Crippen molar-refractivity contribution in [2.24, 2.45) is 0 Å². The second kappa shape index (κ2) is 4.04. The Hall–Kier alpha value is -0.120. The predicted molar refractivity (Wildman–Crippen MR) is 62.0 cm³/mol. The first-order valence-corrected chi connectivity index (χ1v) is 5.72. The van der Waals surface area contributed by atoms with Crippen LogP contribution in [0.3, 0.4) is 0 Å². The van der Waals surface area contributed by atoms with Crippen molar-refractivity contribution in [2.45, 2.75) is 64.4 Å². The largest absolute Gasteiger partial charge is 0.392 e. The molecule has 15 heavy (non-hydrogen) atoms. The summed E-state index contributed by atoms with van der Waals surface area (Å²) >= 11 is 0. The third-order valence-electron chi connectivity index (χ3n) is 3.11. The quantitative estimate of drug-likeness (QED) is 0.777. The summed E-state index contributed by atoms with van der Waals surface area (Å²) in [6, 6.07) is 0.377. The smallest absolute Gasteiger partial charge is 0.0789 e. The number of aliphatic hydroxyl groups excluding tert-OH is 1. The third-order valence-corrected chi connectivity index (χ3v) is 3.11. The molecule has 1 fully saturated rings. The minimum atomic E-state index is -0.283. The molecular weight excluding hydrogens is 190 g/mol. The van der Waals surface area contributed by atoms with Crippen LogP contribution in [0.25, 0.3) is 0 Å². The van der Waals surface area contributed by atoms with E-state index < -0.39 is 0 Å². The molecular formula is C12H25NO2. The van der Waals surface area contributed by atoms with E-state index >= 15 is 0 Å². The van der Waals surface area contributed by atoms with E-state index in [1.807, 2.05) is 6.92 Å². The van der Waals surface area contributed by atoms with Gasteiger partial charge in [0.2, 0.25) is 0 Å². The molecule has 0 saturated carbocycles. The molecule has 0 amide bonds. The van der Waals surface area contributed by atoms with Gasteiger partial charge in [-0.15, -0.1) is 0 Å². The molecule has 0 spiro atoms. The third kappa shape index (κ3) is 3.16. The number of aliphatic hydroxyl groups is 1. The van der Waals surface area contributed by atoms with Gasteiger partial charge in [-0.05, 0) is 48.1 Å². The maximum absolute atomic E-state index is 9.40. The van der Waals surface area contributed by atoms with Crippen molar-refractivity contribution in [3.63, 3.8) is 0 Å². The summed E-state index contributed by atoms with van der Waals surface area (Å²) in [6.45, 7) is 11.0. The lowest BCUT2D eigenvalue weighted by Crippen LogP contribution is -2.46. The van der Waals surface area contributed by atoms with E-state index in [1.165, 1.54) is 0 Å². The molecule has 1 aliphatic rings. The summed E-state index contributed by atoms with van der Waals surface area (Å²) in [5, 5.41) is 9.40. The Bertz CT molecular complexity index is 224. The Balaban J connectivity index is 2.69. The van der Waals surface area contributed by atoms with Crippen LogP contribution in [0.15, 0.2) is 0 Å². The van der Waals surface area contributed by atoms with Crippen LogP contribution < -0.4 is 0 Å². The lowest BCUT2D eigenvalue weighted by Gasteiger charge is -2.34. The fraction of sp³-hybridized carbons (Fsp3) is 1.00. The van der Waals surface area contributed by atoms with Crippen molar-refractivity contribution < 1.29 is 9.84 Å². The molecule has 1 heterocycles. The molecule has 0 aromatic carbocycles. The van der Waals surface area contributed by atoms with Crippen LogP contribution in [0.2, 0.25) is 0 Å². The molecule has 0 aliphatic carbocycles. The SMILES string of the molecule is CC(O)CN(C)C1CC(C)(C)OC1(C)C. The monoisotopic (exact) mass is 215 g/mol. The van der Waals surface area contributed by atoms with Gasteiger partial charge >= 0.3 is 0 Å². The van der Waals surface area contributed by atoms with Gasteiger partial charge in [0.05, 0.1) is 17.3 Å². The van der Waals surface area contributed by atoms with Gasteiger partial charge in [0.1, 0.15) is 0 Å². The Morgan fingerprint density at radius 3 is 2.27 bits per heavy atom. The molecule has 0 aromatic rings. The molecule has 1 N–H and O–H groups in total. The van der Waals surface area contributed by atoms with Crippen molar-refractivity contribution in [1.29, 1.82) is 0 Å². The van der Waals surface area contributed by atoms with Crippen LogP contribution in [0, 0.1) is 0 Å². The van der Waals surface area contributed by atoms with Crippen LogP contribution in [0.4, 0.5) is 0 Å². The summed E-state index contributed by atoms with van der Waals surface area (Å²) in [5.74, 6) is 0. The zero-order valence-electron chi connectivity index (χ0n) is 10.9. The Morgan fingerprint density at radius 1 is 1.40 bits per heavy atom. The highest BCUT2D eigenvalue weighted by molar-refractivity contribution is 4.99. The molecule has 0 bridgehead atoms. The molecule has 1 aliphatic heterocycles. The zero-order chi connectivity index (χ0) is 11.9. The molecule has 90 valence electrons. The highest BCUT2D eigenvalue weighted by Crippen LogP contribution is 2.39. The molecule has 3 heteroatoms. The van der Waals surface area contributed by atoms with Gasteiger partial charge in [-0.25, -0.2) is 0 Å². The zero-order valence-corrected chi connectivity index (χ0v) is 10.9. The Labute approximate surface area is 93.4 Å². The van der Waals surface area contributed by atoms with E-state index in [1.54, 1.807) is 0 Å². The molecule has 2 atom stereocenters. The van der Waals surface area contributed by atoms with Gasteiger partial charge in [-0.3, -0.25) is 4.90 Å². The maximum Gasteiger partial charge on any atom is 0.0789 e. The average molecular weight is 215 g/mol. The molecule has 1 saturated heterocycles. The van der Waals surface area contributed by atoms with E-state index in [0.717, 1.165) is 6.42 Å². The van der Waals surface area contributed by atoms with Gasteiger partial charge in [-0.2, -0.15) is 0 Å². The number of likely N-dealkylation sites (N-methyl/N-ethyl adjacent to an activating group) is 1. The molecule has 2 unspecified atom stereocenters. The van der Waals surface area contributed by atoms with Crippen LogP contribution in [-0.2, 0) is 4.74 Å². The van der Waals surface area contributed by atoms with Crippen LogP contribution >= 0.6 is 0 Å². The van der Waals surface area contributed by atoms with Crippen molar-refractivity contribution in [2.75, 3.05) is 13.6 Å². The summed E-state index contributed by atoms with van der Waals surface area (Å²) in [4.78, 5) is 2.21. The molecule has 0 radical (unpaired) electrons. The first-order chi connectivity index (χ1) is 6.64. The standard InChI is InChI=1S/C12H25NO2/c1-9(14)8-13(6)10-7-11(2,3)15-12(10,4)5/h9-10,14H,7-8H2,1-6H3. The fourth-order valence-electron chi connectivity index (χ4n) is 2.76. The van der Waals surface area contributed by atoms with E-state index in [2.05, 4.69) is 39.6 Å². The van der Waals surface area contributed by atoms with Gasteiger partial charge in [-0.1, -0.05) is 0 Å². The highest BCUT2D eigenvalue weighted by Gasteiger charge is 2.47. The first-order valence-electron chi connectivity index (χ1n) is 5.72. The number of hydrogen-bond donors (Lipinski definition) is 1. The number of hydrogen-bond acceptors (Lipinski definition) is 3. The summed E-state index contributed by atoms with van der Waals surface area (Å²) in [5.41, 5.74) is -0.186. The average Bonchev–Trinajstić information content (AvgIpc) is 2.17. The molecule has 0 aromatic heterocycles. The van der Waals surface area contributed by atoms with Crippen LogP contribution in [-0.4, -0.2) is 46.9 Å². The summed E-state index contributed by atoms with van der Waals surface area (Å²) in [6.07, 6.45) is 0.734. The first kappa shape index (κ1) is 12.9. The fourth-order valence-corrected chi connectivity index (χ4v) is 2.76. The van der Waals surface area contributed by atoms with Crippen molar-refractivity contribution in [1.82, 2.24) is 4.90 Å². The lowest BCUT2D eigenvalue weighted by atomic mass is 9.93. The van der Waals surface area contributed by atoms with E-state index in [4.69, 9.17) is 4.74 Å². The minimum absolute atomic E-state index is 0.0544. The minimum Gasteiger partial charge on any atom is -0.392 e. The van der Waals surface area contributed by atoms with Crippen molar-refractivity contribution >= 4 is 0 Å². The second-order valence-electron chi connectivity index (χ2n) is 5.97. The number of nitrogens with zero attached hydrogens (tertiary/aromatic N) is 1. The van der Waals surface area contributed by atoms with Gasteiger partial charge < -0.3 is 9.84 Å². The van der Waals surface area contributed by atoms with E-state index in [9.17, 15) is 5.11 Å². The Morgan fingerprint density at radius 2 is 1.93 bits per heavy atom. The van der Waals surface area contributed by atoms with Crippen LogP contribution in [0.1, 0.15) is 41.0 Å². The van der Waals surface area contributed by atoms with E-state index in [0.29, 0.717) is 12.6 Å². The summed E-state index contributed by atoms with van der Waals surface area (Å²) < 4.78 is 6.03. The van der Waals surface area contributed by atoms with Crippen molar-refractivity contribution in [3.05, 3.63) is 0 Å². The van der Waals surface area contributed by atoms with Crippen LogP contribution in [0.5, 0.6) is 0 Å². The number of ether oxygens (including phenoxy) is 1. The second-order valence-corrected chi connectivity index (χ2v) is 5.97. The molecule has 3 nitrogen and oxygen atoms in total. The number of rotatable bonds is 3. The van der Waals surface area contributed by atoms with E-state index in [-0.39, 0.29) is 17.3 Å². The van der Waals surface area contributed by atoms with Gasteiger partial charge in [0.25, 0.3) is 0 Å². The summed E-state index contributed by atoms with van der Waals surface area (Å²) in [7, 11) is 2.06. The maximum atomic E-state index is 9.40.